The van der Waals surface area contributed by atoms with E-state index in [1.165, 1.54) is 0 Å². The van der Waals surface area contributed by atoms with E-state index in [0.29, 0.717) is 12.5 Å². The molecule has 1 aromatic rings. The first-order valence-corrected chi connectivity index (χ1v) is 12.6. The van der Waals surface area contributed by atoms with E-state index >= 15 is 0 Å². The lowest BCUT2D eigenvalue weighted by atomic mass is 9.52. The second-order valence-corrected chi connectivity index (χ2v) is 11.1. The van der Waals surface area contributed by atoms with Gasteiger partial charge in [0.1, 0.15) is 5.75 Å². The van der Waals surface area contributed by atoms with Crippen molar-refractivity contribution in [1.29, 1.82) is 0 Å². The minimum atomic E-state index is -0.424. The molecule has 188 valence electrons. The summed E-state index contributed by atoms with van der Waals surface area (Å²) in [6.07, 6.45) is 8.58. The number of benzene rings is 1. The molecule has 6 atom stereocenters. The van der Waals surface area contributed by atoms with Crippen molar-refractivity contribution in [2.45, 2.75) is 77.8 Å². The Bertz CT molecular complexity index is 902. The summed E-state index contributed by atoms with van der Waals surface area (Å²) in [6.45, 7) is 7.60. The molecular weight excluding hydrogens is 428 g/mol. The molecule has 3 aliphatic carbocycles. The third-order valence-electron chi connectivity index (χ3n) is 8.87. The molecule has 5 nitrogen and oxygen atoms in total. The van der Waals surface area contributed by atoms with E-state index in [0.717, 1.165) is 54.7 Å². The molecule has 0 aromatic heterocycles. The minimum Gasteiger partial charge on any atom is -0.501 e. The SMILES string of the molecule is CO/C1=C\C[C@@H]2C=C([C@H](O)C2)[C@H](OC)C[C@@H]2C(C)(C)[C@@H](OCc3ccc(OC)cc3)CC[C@@]12C. The molecule has 0 saturated heterocycles. The Balaban J connectivity index is 1.62. The van der Waals surface area contributed by atoms with Crippen molar-refractivity contribution in [3.8, 4) is 5.75 Å². The molecule has 0 radical (unpaired) electrons. The minimum absolute atomic E-state index is 0.0971. The predicted molar refractivity (Wildman–Crippen MR) is 134 cm³/mol. The lowest BCUT2D eigenvalue weighted by Gasteiger charge is -2.55. The number of fused-ring (bicyclic) bond motifs is 2. The molecule has 0 amide bonds. The van der Waals surface area contributed by atoms with Crippen molar-refractivity contribution in [1.82, 2.24) is 0 Å². The summed E-state index contributed by atoms with van der Waals surface area (Å²) in [5, 5.41) is 10.8. The maximum atomic E-state index is 10.8. The Morgan fingerprint density at radius 1 is 1.00 bits per heavy atom. The van der Waals surface area contributed by atoms with Gasteiger partial charge < -0.3 is 24.1 Å². The van der Waals surface area contributed by atoms with E-state index in [2.05, 4.69) is 45.1 Å². The Hall–Kier alpha value is -1.82. The Morgan fingerprint density at radius 3 is 2.38 bits per heavy atom. The normalized spacial score (nSPS) is 36.6. The van der Waals surface area contributed by atoms with E-state index in [4.69, 9.17) is 18.9 Å². The molecule has 0 aliphatic heterocycles. The van der Waals surface area contributed by atoms with Gasteiger partial charge in [-0.2, -0.15) is 0 Å². The number of hydrogen-bond acceptors (Lipinski definition) is 5. The average Bonchev–Trinajstić information content (AvgIpc) is 3.18. The van der Waals surface area contributed by atoms with Crippen LogP contribution in [0.15, 0.2) is 47.7 Å². The van der Waals surface area contributed by atoms with E-state index in [1.807, 2.05) is 12.1 Å². The van der Waals surface area contributed by atoms with Crippen molar-refractivity contribution in [3.05, 3.63) is 53.3 Å². The Morgan fingerprint density at radius 2 is 1.74 bits per heavy atom. The smallest absolute Gasteiger partial charge is 0.118 e. The molecule has 0 heterocycles. The first-order chi connectivity index (χ1) is 16.2. The number of rotatable bonds is 6. The number of aliphatic hydroxyl groups excluding tert-OH is 1. The predicted octanol–water partition coefficient (Wildman–Crippen LogP) is 5.67. The molecule has 0 spiro atoms. The molecule has 1 aromatic carbocycles. The number of allylic oxidation sites excluding steroid dienone is 3. The highest BCUT2D eigenvalue weighted by atomic mass is 16.5. The van der Waals surface area contributed by atoms with Gasteiger partial charge in [-0.3, -0.25) is 0 Å². The zero-order valence-electron chi connectivity index (χ0n) is 21.7. The van der Waals surface area contributed by atoms with Gasteiger partial charge >= 0.3 is 0 Å². The topological polar surface area (TPSA) is 57.2 Å². The molecular formula is C29H42O5. The van der Waals surface area contributed by atoms with Crippen LogP contribution in [0.2, 0.25) is 0 Å². The second kappa shape index (κ2) is 10.0. The molecule has 1 fully saturated rings. The lowest BCUT2D eigenvalue weighted by Crippen LogP contribution is -2.53. The van der Waals surface area contributed by atoms with Gasteiger partial charge in [-0.05, 0) is 78.7 Å². The first-order valence-electron chi connectivity index (χ1n) is 12.6. The van der Waals surface area contributed by atoms with Crippen LogP contribution >= 0.6 is 0 Å². The van der Waals surface area contributed by atoms with Crippen LogP contribution < -0.4 is 4.74 Å². The van der Waals surface area contributed by atoms with Crippen molar-refractivity contribution < 1.29 is 24.1 Å². The van der Waals surface area contributed by atoms with Gasteiger partial charge in [0.05, 0.1) is 44.9 Å². The third kappa shape index (κ3) is 4.67. The van der Waals surface area contributed by atoms with Gasteiger partial charge in [-0.1, -0.05) is 39.0 Å². The van der Waals surface area contributed by atoms with Gasteiger partial charge in [0, 0.05) is 12.5 Å². The molecule has 1 N–H and O–H groups in total. The highest BCUT2D eigenvalue weighted by Gasteiger charge is 2.55. The van der Waals surface area contributed by atoms with Crippen LogP contribution in [0.3, 0.4) is 0 Å². The van der Waals surface area contributed by atoms with Gasteiger partial charge in [-0.15, -0.1) is 0 Å². The van der Waals surface area contributed by atoms with Crippen LogP contribution in [0.5, 0.6) is 5.75 Å². The van der Waals surface area contributed by atoms with E-state index in [9.17, 15) is 5.11 Å². The second-order valence-electron chi connectivity index (χ2n) is 11.1. The fraction of sp³-hybridized carbons (Fsp3) is 0.655. The molecule has 34 heavy (non-hydrogen) atoms. The van der Waals surface area contributed by atoms with Gasteiger partial charge in [0.25, 0.3) is 0 Å². The fourth-order valence-corrected chi connectivity index (χ4v) is 6.85. The van der Waals surface area contributed by atoms with Gasteiger partial charge in [0.15, 0.2) is 0 Å². The highest BCUT2D eigenvalue weighted by Crippen LogP contribution is 2.58. The maximum absolute atomic E-state index is 10.8. The van der Waals surface area contributed by atoms with Crippen LogP contribution in [0, 0.1) is 22.7 Å². The summed E-state index contributed by atoms with van der Waals surface area (Å²) >= 11 is 0. The zero-order chi connectivity index (χ0) is 24.5. The van der Waals surface area contributed by atoms with E-state index in [1.54, 1.807) is 21.3 Å². The van der Waals surface area contributed by atoms with E-state index in [-0.39, 0.29) is 29.0 Å². The fourth-order valence-electron chi connectivity index (χ4n) is 6.85. The van der Waals surface area contributed by atoms with Crippen molar-refractivity contribution >= 4 is 0 Å². The first kappa shape index (κ1) is 25.3. The Kier molecular flexibility index (Phi) is 7.47. The summed E-state index contributed by atoms with van der Waals surface area (Å²) in [5.41, 5.74) is 1.98. The van der Waals surface area contributed by atoms with Crippen LogP contribution in [-0.2, 0) is 20.8 Å². The van der Waals surface area contributed by atoms with Crippen LogP contribution in [0.1, 0.15) is 58.4 Å². The van der Waals surface area contributed by atoms with Crippen molar-refractivity contribution in [2.24, 2.45) is 22.7 Å². The zero-order valence-corrected chi connectivity index (χ0v) is 21.7. The third-order valence-corrected chi connectivity index (χ3v) is 8.87. The summed E-state index contributed by atoms with van der Waals surface area (Å²) in [6, 6.07) is 8.10. The lowest BCUT2D eigenvalue weighted by molar-refractivity contribution is -0.140. The Labute approximate surface area is 205 Å². The van der Waals surface area contributed by atoms with Crippen molar-refractivity contribution in [2.75, 3.05) is 21.3 Å². The molecule has 4 rings (SSSR count). The van der Waals surface area contributed by atoms with Crippen molar-refractivity contribution in [3.63, 3.8) is 0 Å². The number of aliphatic hydroxyl groups is 1. The molecule has 0 unspecified atom stereocenters. The number of methoxy groups -OCH3 is 3. The maximum Gasteiger partial charge on any atom is 0.118 e. The molecule has 1 saturated carbocycles. The number of ether oxygens (including phenoxy) is 4. The summed E-state index contributed by atoms with van der Waals surface area (Å²) in [7, 11) is 5.26. The quantitative estimate of drug-likeness (QED) is 0.543. The molecule has 5 heteroatoms. The van der Waals surface area contributed by atoms with Crippen LogP contribution in [-0.4, -0.2) is 44.7 Å². The van der Waals surface area contributed by atoms with Crippen LogP contribution in [0.25, 0.3) is 0 Å². The summed E-state index contributed by atoms with van der Waals surface area (Å²) in [4.78, 5) is 0. The van der Waals surface area contributed by atoms with E-state index < -0.39 is 6.10 Å². The monoisotopic (exact) mass is 470 g/mol. The van der Waals surface area contributed by atoms with Gasteiger partial charge in [0.2, 0.25) is 0 Å². The summed E-state index contributed by atoms with van der Waals surface area (Å²) < 4.78 is 24.0. The number of hydrogen-bond donors (Lipinski definition) is 1. The average molecular weight is 471 g/mol. The van der Waals surface area contributed by atoms with Gasteiger partial charge in [-0.25, -0.2) is 0 Å². The molecule has 2 bridgehead atoms. The molecule has 3 aliphatic rings. The van der Waals surface area contributed by atoms with Crippen LogP contribution in [0.4, 0.5) is 0 Å². The largest absolute Gasteiger partial charge is 0.501 e. The summed E-state index contributed by atoms with van der Waals surface area (Å²) in [5.74, 6) is 2.53. The highest BCUT2D eigenvalue weighted by molar-refractivity contribution is 5.27. The standard InChI is InChI=1S/C29H42O5/c1-28(2)25-17-24(32-5)22-15-20(16-23(22)30)9-12-27(33-6)29(25,3)14-13-26(28)34-18-19-7-10-21(31-4)11-8-19/h7-8,10-12,15,20,23-26,30H,9,13-14,16-18H2,1-6H3/b27-12-/t20-,23-,24-,25-,26+,29-/m1/s1.